The number of hydrogen-bond donors (Lipinski definition) is 5. The molecule has 166 valence electrons. The highest BCUT2D eigenvalue weighted by atomic mass is 16.4. The number of benzene rings is 2. The molecule has 1 aliphatic heterocycles. The Balaban J connectivity index is 1.56. The normalized spacial score (nSPS) is 12.7. The van der Waals surface area contributed by atoms with E-state index in [1.807, 2.05) is 29.7 Å². The van der Waals surface area contributed by atoms with Crippen LogP contribution in [0, 0.1) is 6.92 Å². The number of anilines is 1. The third-order valence-corrected chi connectivity index (χ3v) is 5.88. The van der Waals surface area contributed by atoms with Crippen LogP contribution in [0.15, 0.2) is 48.5 Å². The summed E-state index contributed by atoms with van der Waals surface area (Å²) in [6, 6.07) is 14.5. The van der Waals surface area contributed by atoms with Crippen LogP contribution in [0.2, 0.25) is 0 Å². The Morgan fingerprint density at radius 3 is 2.79 bits per heavy atom. The number of nitrogens with two attached hydrogens (primary N) is 1. The van der Waals surface area contributed by atoms with Crippen molar-refractivity contribution >= 4 is 35.2 Å². The lowest BCUT2D eigenvalue weighted by molar-refractivity contribution is 0.100. The Labute approximate surface area is 190 Å². The fraction of sp³-hybridized carbons (Fsp3) is 0.174. The van der Waals surface area contributed by atoms with E-state index in [1.54, 1.807) is 30.3 Å². The van der Waals surface area contributed by atoms with Crippen LogP contribution in [0.25, 0.3) is 16.9 Å². The van der Waals surface area contributed by atoms with Crippen LogP contribution in [0.5, 0.6) is 0 Å². The van der Waals surface area contributed by atoms with Gasteiger partial charge >= 0.3 is 7.12 Å². The predicted octanol–water partition coefficient (Wildman–Crippen LogP) is 0.723. The molecule has 4 aromatic rings. The Morgan fingerprint density at radius 1 is 1.18 bits per heavy atom. The highest BCUT2D eigenvalue weighted by Gasteiger charge is 2.22. The Bertz CT molecular complexity index is 1380. The van der Waals surface area contributed by atoms with Crippen molar-refractivity contribution in [3.05, 3.63) is 76.6 Å². The largest absolute Gasteiger partial charge is 0.488 e. The minimum absolute atomic E-state index is 0.435. The Morgan fingerprint density at radius 2 is 2.00 bits per heavy atom. The minimum Gasteiger partial charge on any atom is -0.423 e. The van der Waals surface area contributed by atoms with E-state index in [0.717, 1.165) is 33.4 Å². The molecule has 3 heterocycles. The van der Waals surface area contributed by atoms with Crippen molar-refractivity contribution in [2.45, 2.75) is 26.6 Å². The van der Waals surface area contributed by atoms with Gasteiger partial charge < -0.3 is 26.4 Å². The highest BCUT2D eigenvalue weighted by Crippen LogP contribution is 2.28. The van der Waals surface area contributed by atoms with Crippen LogP contribution in [0.3, 0.4) is 0 Å². The molecule has 0 aliphatic carbocycles. The number of fused-ring (bicyclic) bond motifs is 2. The number of primary amides is 1. The van der Waals surface area contributed by atoms with Crippen molar-refractivity contribution in [3.63, 3.8) is 0 Å². The van der Waals surface area contributed by atoms with Crippen LogP contribution in [-0.2, 0) is 19.6 Å². The van der Waals surface area contributed by atoms with Gasteiger partial charge in [0.1, 0.15) is 5.82 Å². The maximum atomic E-state index is 11.9. The van der Waals surface area contributed by atoms with Gasteiger partial charge in [0.05, 0.1) is 11.2 Å². The number of aryl methyl sites for hydroxylation is 1. The first-order chi connectivity index (χ1) is 15.9. The summed E-state index contributed by atoms with van der Waals surface area (Å²) in [4.78, 5) is 21.5. The van der Waals surface area contributed by atoms with Crippen LogP contribution in [0.1, 0.15) is 32.9 Å². The molecule has 0 atom stereocenters. The van der Waals surface area contributed by atoms with Gasteiger partial charge in [-0.3, -0.25) is 9.36 Å². The second kappa shape index (κ2) is 8.32. The summed E-state index contributed by atoms with van der Waals surface area (Å²) in [7, 11) is -1.51. The lowest BCUT2D eigenvalue weighted by Gasteiger charge is -2.14. The van der Waals surface area contributed by atoms with Gasteiger partial charge in [-0.1, -0.05) is 30.3 Å². The van der Waals surface area contributed by atoms with E-state index in [-0.39, 0.29) is 0 Å². The predicted molar refractivity (Wildman–Crippen MR) is 126 cm³/mol. The van der Waals surface area contributed by atoms with E-state index in [0.29, 0.717) is 42.4 Å². The van der Waals surface area contributed by atoms with Gasteiger partial charge in [-0.15, -0.1) is 0 Å². The number of aromatic nitrogens is 3. The van der Waals surface area contributed by atoms with Crippen molar-refractivity contribution in [2.24, 2.45) is 5.73 Å². The average Bonchev–Trinajstić information content (AvgIpc) is 3.40. The molecule has 10 heteroatoms. The smallest absolute Gasteiger partial charge is 0.423 e. The van der Waals surface area contributed by atoms with Crippen molar-refractivity contribution in [1.29, 1.82) is 0 Å². The van der Waals surface area contributed by atoms with E-state index < -0.39 is 13.0 Å². The first kappa shape index (κ1) is 21.1. The SMILES string of the molecule is Cc1cc2c(C(N)=O)cccc2n1-c1nc2c(c(NCc3cccc(B(O)O)c3)n1)CNC2. The quantitative estimate of drug-likeness (QED) is 0.278. The molecule has 6 N–H and O–H groups in total. The third-order valence-electron chi connectivity index (χ3n) is 5.88. The van der Waals surface area contributed by atoms with Gasteiger partial charge in [0, 0.05) is 41.8 Å². The summed E-state index contributed by atoms with van der Waals surface area (Å²) in [5.41, 5.74) is 11.0. The fourth-order valence-electron chi connectivity index (χ4n) is 4.29. The molecule has 0 saturated carbocycles. The number of amides is 1. The van der Waals surface area contributed by atoms with E-state index in [9.17, 15) is 14.8 Å². The van der Waals surface area contributed by atoms with Gasteiger partial charge in [-0.2, -0.15) is 4.98 Å². The molecule has 0 unspecified atom stereocenters. The summed E-state index contributed by atoms with van der Waals surface area (Å²) in [5, 5.41) is 26.4. The van der Waals surface area contributed by atoms with Crippen LogP contribution in [-0.4, -0.2) is 37.6 Å². The average molecular weight is 442 g/mol. The second-order valence-corrected chi connectivity index (χ2v) is 8.10. The number of carbonyl (C=O) groups excluding carboxylic acids is 1. The zero-order valence-corrected chi connectivity index (χ0v) is 18.0. The molecular weight excluding hydrogens is 419 g/mol. The van der Waals surface area contributed by atoms with Crippen molar-refractivity contribution in [3.8, 4) is 5.95 Å². The lowest BCUT2D eigenvalue weighted by atomic mass is 9.80. The lowest BCUT2D eigenvalue weighted by Crippen LogP contribution is -2.30. The Kier molecular flexibility index (Phi) is 5.33. The summed E-state index contributed by atoms with van der Waals surface area (Å²) in [5.74, 6) is 0.741. The van der Waals surface area contributed by atoms with Gasteiger partial charge in [0.25, 0.3) is 0 Å². The van der Waals surface area contributed by atoms with Gasteiger partial charge in [-0.05, 0) is 36.1 Å². The molecule has 9 nitrogen and oxygen atoms in total. The molecule has 5 rings (SSSR count). The van der Waals surface area contributed by atoms with Crippen molar-refractivity contribution < 1.29 is 14.8 Å². The standard InChI is InChI=1S/C23H23BN6O3/c1-13-8-17-16(21(25)31)6-3-7-20(17)30(13)23-28-19-12-26-11-18(19)22(29-23)27-10-14-4-2-5-15(9-14)24(32)33/h2-9,26,32-33H,10-12H2,1H3,(H2,25,31)(H,27,28,29). The highest BCUT2D eigenvalue weighted by molar-refractivity contribution is 6.58. The third kappa shape index (κ3) is 3.84. The van der Waals surface area contributed by atoms with Crippen LogP contribution in [0.4, 0.5) is 5.82 Å². The molecule has 0 saturated heterocycles. The van der Waals surface area contributed by atoms with Gasteiger partial charge in [0.15, 0.2) is 0 Å². The number of carbonyl (C=O) groups is 1. The van der Waals surface area contributed by atoms with E-state index >= 15 is 0 Å². The molecule has 1 aliphatic rings. The van der Waals surface area contributed by atoms with Gasteiger partial charge in [-0.25, -0.2) is 4.98 Å². The molecule has 0 fully saturated rings. The monoisotopic (exact) mass is 442 g/mol. The summed E-state index contributed by atoms with van der Waals surface area (Å²) < 4.78 is 1.92. The van der Waals surface area contributed by atoms with E-state index in [4.69, 9.17) is 15.7 Å². The topological polar surface area (TPSA) is 138 Å². The molecule has 2 aromatic carbocycles. The first-order valence-corrected chi connectivity index (χ1v) is 10.6. The van der Waals surface area contributed by atoms with Crippen molar-refractivity contribution in [2.75, 3.05) is 5.32 Å². The zero-order valence-electron chi connectivity index (χ0n) is 18.0. The van der Waals surface area contributed by atoms with Gasteiger partial charge in [0.2, 0.25) is 11.9 Å². The number of nitrogens with one attached hydrogen (secondary N) is 2. The molecule has 0 bridgehead atoms. The van der Waals surface area contributed by atoms with Crippen LogP contribution < -0.4 is 21.8 Å². The number of nitrogens with zero attached hydrogens (tertiary/aromatic N) is 3. The number of hydrogen-bond acceptors (Lipinski definition) is 7. The van der Waals surface area contributed by atoms with Crippen molar-refractivity contribution in [1.82, 2.24) is 19.9 Å². The Hall–Kier alpha value is -3.73. The molecule has 0 radical (unpaired) electrons. The molecular formula is C23H23BN6O3. The summed E-state index contributed by atoms with van der Waals surface area (Å²) in [6.45, 7) is 3.69. The maximum absolute atomic E-state index is 11.9. The summed E-state index contributed by atoms with van der Waals surface area (Å²) in [6.07, 6.45) is 0. The molecule has 0 spiro atoms. The molecule has 33 heavy (non-hydrogen) atoms. The van der Waals surface area contributed by atoms with E-state index in [1.165, 1.54) is 0 Å². The second-order valence-electron chi connectivity index (χ2n) is 8.10. The zero-order chi connectivity index (χ0) is 23.1. The summed E-state index contributed by atoms with van der Waals surface area (Å²) >= 11 is 0. The minimum atomic E-state index is -1.51. The molecule has 2 aromatic heterocycles. The van der Waals surface area contributed by atoms with E-state index in [2.05, 4.69) is 10.6 Å². The fourth-order valence-corrected chi connectivity index (χ4v) is 4.29. The first-order valence-electron chi connectivity index (χ1n) is 10.6. The van der Waals surface area contributed by atoms with Crippen LogP contribution >= 0.6 is 0 Å². The number of rotatable bonds is 6. The maximum Gasteiger partial charge on any atom is 0.488 e. The molecule has 1 amide bonds.